The molecular weight excluding hydrogens is 954 g/mol. The van der Waals surface area contributed by atoms with Crippen LogP contribution >= 0.6 is 0 Å². The molecule has 8 heterocycles. The number of piperidine rings is 2. The number of rotatable bonds is 10. The first-order valence-electron chi connectivity index (χ1n) is 23.4. The van der Waals surface area contributed by atoms with E-state index in [0.717, 1.165) is 17.3 Å². The molecule has 2 fully saturated rings. The monoisotopic (exact) mass is 1000 g/mol. The van der Waals surface area contributed by atoms with E-state index in [9.17, 15) is 41.9 Å². The van der Waals surface area contributed by atoms with Gasteiger partial charge in [0.2, 0.25) is 5.82 Å². The fraction of sp³-hybridized carbons (Fsp3) is 0.306. The number of aromatic nitrogens is 10. The highest BCUT2D eigenvalue weighted by Gasteiger charge is 2.32. The number of alkyl halides is 3. The highest BCUT2D eigenvalue weighted by atomic mass is 19.4. The van der Waals surface area contributed by atoms with Gasteiger partial charge in [0.25, 0.3) is 11.1 Å². The van der Waals surface area contributed by atoms with Crippen molar-refractivity contribution in [2.75, 3.05) is 50.5 Å². The number of carbonyl (C=O) groups excluding carboxylic acids is 2. The maximum atomic E-state index is 13.1. The number of nitrogens with zero attached hydrogens (tertiary/aromatic N) is 10. The van der Waals surface area contributed by atoms with Crippen molar-refractivity contribution >= 4 is 45.9 Å². The molecule has 6 aromatic heterocycles. The Hall–Kier alpha value is -8.67. The van der Waals surface area contributed by atoms with E-state index < -0.39 is 35.7 Å². The summed E-state index contributed by atoms with van der Waals surface area (Å²) >= 11 is 0. The molecule has 0 bridgehead atoms. The second-order valence-corrected chi connectivity index (χ2v) is 17.4. The average molecular weight is 1000 g/mol. The van der Waals surface area contributed by atoms with E-state index >= 15 is 0 Å². The Balaban J connectivity index is 0.000000180. The van der Waals surface area contributed by atoms with Gasteiger partial charge in [-0.2, -0.15) is 18.3 Å². The van der Waals surface area contributed by atoms with Gasteiger partial charge in [-0.15, -0.1) is 0 Å². The molecule has 21 nitrogen and oxygen atoms in total. The largest absolute Gasteiger partial charge is 0.406 e. The molecule has 0 unspecified atom stereocenters. The van der Waals surface area contributed by atoms with Gasteiger partial charge >= 0.3 is 29.6 Å². The van der Waals surface area contributed by atoms with Crippen LogP contribution in [0, 0.1) is 0 Å². The van der Waals surface area contributed by atoms with Crippen LogP contribution < -0.4 is 33.1 Å². The summed E-state index contributed by atoms with van der Waals surface area (Å²) in [6.07, 6.45) is 1.76. The quantitative estimate of drug-likeness (QED) is 0.127. The minimum absolute atomic E-state index is 0.0450. The number of pyridine rings is 2. The molecule has 2 aliphatic heterocycles. The van der Waals surface area contributed by atoms with Crippen molar-refractivity contribution in [3.05, 3.63) is 151 Å². The Kier molecular flexibility index (Phi) is 14.4. The molecule has 2 saturated heterocycles. The van der Waals surface area contributed by atoms with Crippen molar-refractivity contribution in [1.29, 1.82) is 0 Å². The number of nitrogens with one attached hydrogen (secondary N) is 4. The molecule has 8 aromatic rings. The Morgan fingerprint density at radius 2 is 1.19 bits per heavy atom. The molecule has 4 N–H and O–H groups in total. The van der Waals surface area contributed by atoms with Gasteiger partial charge in [-0.1, -0.05) is 60.7 Å². The highest BCUT2D eigenvalue weighted by Crippen LogP contribution is 2.27. The number of ether oxygens (including phenoxy) is 1. The van der Waals surface area contributed by atoms with Crippen LogP contribution in [0.5, 0.6) is 0 Å². The summed E-state index contributed by atoms with van der Waals surface area (Å²) in [7, 11) is 1.55. The number of imidazole rings is 2. The predicted molar refractivity (Wildman–Crippen MR) is 264 cm³/mol. The summed E-state index contributed by atoms with van der Waals surface area (Å²) in [4.78, 5) is 97.9. The zero-order chi connectivity index (χ0) is 51.2. The van der Waals surface area contributed by atoms with Crippen molar-refractivity contribution in [3.8, 4) is 22.5 Å². The standard InChI is InChI=1S/C25H27N7O4.C24H22F3N7O3/c1-36-15-14-31-23(33)20(16-19(29-31)17-6-3-2-4-7-17)27-24(34)30-12-9-18(10-13-30)32-21-8-5-11-26-22(21)28-25(32)35;25-24(26,27)14-33-13-17(15-5-2-1-3-6-15)29-20(21(33)35)31-22(36)32-11-8-16(9-12-32)34-18-7-4-10-28-19(18)30-23(34)37/h2-8,11,16,18H,9-10,12-15H2,1H3,(H,27,34)(H,26,28,35);1-7,10,13,16H,8-9,11-12,14H2,(H,28,30,37)(H,29,31,36). The molecule has 4 amide bonds. The predicted octanol–water partition coefficient (Wildman–Crippen LogP) is 5.84. The van der Waals surface area contributed by atoms with Gasteiger partial charge in [0.1, 0.15) is 12.2 Å². The van der Waals surface area contributed by atoms with E-state index in [-0.39, 0.29) is 60.5 Å². The molecule has 0 aliphatic carbocycles. The van der Waals surface area contributed by atoms with Gasteiger partial charge in [-0.05, 0) is 56.0 Å². The smallest absolute Gasteiger partial charge is 0.383 e. The number of H-pyrrole nitrogens is 2. The summed E-state index contributed by atoms with van der Waals surface area (Å²) in [5, 5.41) is 9.63. The summed E-state index contributed by atoms with van der Waals surface area (Å²) < 4.78 is 49.6. The summed E-state index contributed by atoms with van der Waals surface area (Å²) in [5.74, 6) is -0.489. The van der Waals surface area contributed by atoms with E-state index in [2.05, 4.69) is 40.7 Å². The first-order chi connectivity index (χ1) is 35.2. The molecule has 2 aliphatic rings. The Morgan fingerprint density at radius 1 is 0.685 bits per heavy atom. The normalized spacial score (nSPS) is 14.5. The van der Waals surface area contributed by atoms with Gasteiger partial charge in [0.05, 0.1) is 35.6 Å². The maximum absolute atomic E-state index is 13.1. The number of urea groups is 2. The van der Waals surface area contributed by atoms with Crippen LogP contribution in [-0.2, 0) is 17.8 Å². The number of methoxy groups -OCH3 is 1. The number of likely N-dealkylation sites (tertiary alicyclic amines) is 2. The second kappa shape index (κ2) is 21.4. The number of aromatic amines is 2. The molecule has 378 valence electrons. The van der Waals surface area contributed by atoms with E-state index in [1.54, 1.807) is 88.1 Å². The summed E-state index contributed by atoms with van der Waals surface area (Å²) in [5.41, 5.74) is 2.70. The fourth-order valence-corrected chi connectivity index (χ4v) is 9.06. The van der Waals surface area contributed by atoms with Crippen LogP contribution in [0.25, 0.3) is 44.8 Å². The number of amides is 4. The fourth-order valence-electron chi connectivity index (χ4n) is 9.06. The molecule has 0 atom stereocenters. The molecular formula is C49H49F3N14O7. The van der Waals surface area contributed by atoms with Crippen LogP contribution in [0.4, 0.5) is 34.3 Å². The third-order valence-corrected chi connectivity index (χ3v) is 12.6. The lowest BCUT2D eigenvalue weighted by molar-refractivity contribution is -0.141. The summed E-state index contributed by atoms with van der Waals surface area (Å²) in [6, 6.07) is 25.4. The lowest BCUT2D eigenvalue weighted by Gasteiger charge is -2.32. The first kappa shape index (κ1) is 49.3. The summed E-state index contributed by atoms with van der Waals surface area (Å²) in [6.45, 7) is 0.495. The third-order valence-electron chi connectivity index (χ3n) is 12.6. The topological polar surface area (TPSA) is 245 Å². The lowest BCUT2D eigenvalue weighted by Crippen LogP contribution is -2.43. The average Bonchev–Trinajstić information content (AvgIpc) is 3.92. The Labute approximate surface area is 411 Å². The van der Waals surface area contributed by atoms with Crippen molar-refractivity contribution < 1.29 is 27.5 Å². The molecule has 73 heavy (non-hydrogen) atoms. The molecule has 0 radical (unpaired) electrons. The van der Waals surface area contributed by atoms with Crippen molar-refractivity contribution in [3.63, 3.8) is 0 Å². The van der Waals surface area contributed by atoms with Crippen LogP contribution in [0.2, 0.25) is 0 Å². The number of anilines is 2. The van der Waals surface area contributed by atoms with Crippen LogP contribution in [0.1, 0.15) is 37.8 Å². The zero-order valence-corrected chi connectivity index (χ0v) is 39.3. The van der Waals surface area contributed by atoms with Crippen molar-refractivity contribution in [2.24, 2.45) is 0 Å². The van der Waals surface area contributed by atoms with E-state index in [0.29, 0.717) is 78.0 Å². The number of fused-ring (bicyclic) bond motifs is 2. The van der Waals surface area contributed by atoms with Crippen LogP contribution in [0.3, 0.4) is 0 Å². The highest BCUT2D eigenvalue weighted by molar-refractivity contribution is 5.90. The minimum Gasteiger partial charge on any atom is -0.383 e. The van der Waals surface area contributed by atoms with E-state index in [1.165, 1.54) is 9.58 Å². The lowest BCUT2D eigenvalue weighted by atomic mass is 10.0. The van der Waals surface area contributed by atoms with E-state index in [1.807, 2.05) is 36.4 Å². The molecule has 10 rings (SSSR count). The first-order valence-corrected chi connectivity index (χ1v) is 23.4. The van der Waals surface area contributed by atoms with Gasteiger partial charge in [-0.3, -0.25) is 34.0 Å². The van der Waals surface area contributed by atoms with Gasteiger partial charge in [0.15, 0.2) is 11.3 Å². The Morgan fingerprint density at radius 3 is 1.70 bits per heavy atom. The maximum Gasteiger partial charge on any atom is 0.406 e. The van der Waals surface area contributed by atoms with Crippen LogP contribution in [0.15, 0.2) is 129 Å². The second-order valence-electron chi connectivity index (χ2n) is 17.4. The van der Waals surface area contributed by atoms with Crippen LogP contribution in [-0.4, -0.2) is 116 Å². The number of halogens is 3. The minimum atomic E-state index is -4.64. The third kappa shape index (κ3) is 11.1. The van der Waals surface area contributed by atoms with Gasteiger partial charge in [-0.25, -0.2) is 38.8 Å². The molecule has 0 spiro atoms. The van der Waals surface area contributed by atoms with Crippen molar-refractivity contribution in [2.45, 2.75) is 57.0 Å². The van der Waals surface area contributed by atoms with Crippen molar-refractivity contribution in [1.82, 2.24) is 58.2 Å². The SMILES string of the molecule is COCCn1nc(-c2ccccc2)cc(NC(=O)N2CCC(n3c(=O)[nH]c4ncccc43)CC2)c1=O.O=C(Nc1nc(-c2ccccc2)cn(CC(F)(F)F)c1=O)N1CCC(n2c(=O)[nH]c3ncccc32)CC1. The number of benzene rings is 2. The molecule has 24 heteroatoms. The number of carbonyl (C=O) groups is 2. The molecule has 2 aromatic carbocycles. The van der Waals surface area contributed by atoms with E-state index in [4.69, 9.17) is 4.74 Å². The Bertz CT molecular complexity index is 3500. The van der Waals surface area contributed by atoms with Gasteiger partial charge in [0, 0.05) is 75.1 Å². The molecule has 0 saturated carbocycles. The number of hydrogen-bond acceptors (Lipinski definition) is 11. The number of hydrogen-bond donors (Lipinski definition) is 4. The van der Waals surface area contributed by atoms with Gasteiger partial charge < -0.3 is 24.4 Å². The zero-order valence-electron chi connectivity index (χ0n) is 39.3.